The van der Waals surface area contributed by atoms with Gasteiger partial charge in [-0.2, -0.15) is 5.26 Å². The summed E-state index contributed by atoms with van der Waals surface area (Å²) in [5.74, 6) is 0.427. The van der Waals surface area contributed by atoms with Gasteiger partial charge in [0, 0.05) is 11.4 Å². The second-order valence-electron chi connectivity index (χ2n) is 6.78. The number of nitrogens with one attached hydrogen (secondary N) is 1. The number of halogens is 2. The SMILES string of the molecule is CC1CCc2nc(SC(C)C(=O)Nc3ccc(Cl)c(Cl)c3)c(C#N)cc2C1. The van der Waals surface area contributed by atoms with Crippen molar-refractivity contribution in [2.24, 2.45) is 5.92 Å². The van der Waals surface area contributed by atoms with E-state index >= 15 is 0 Å². The Kier molecular flexibility index (Phi) is 6.31. The summed E-state index contributed by atoms with van der Waals surface area (Å²) in [7, 11) is 0. The summed E-state index contributed by atoms with van der Waals surface area (Å²) in [5, 5.41) is 13.3. The fourth-order valence-electron chi connectivity index (χ4n) is 3.04. The van der Waals surface area contributed by atoms with Crippen molar-refractivity contribution in [3.8, 4) is 6.07 Å². The van der Waals surface area contributed by atoms with Crippen LogP contribution in [-0.2, 0) is 17.6 Å². The number of anilines is 1. The molecule has 0 aliphatic heterocycles. The number of hydrogen-bond acceptors (Lipinski definition) is 4. The van der Waals surface area contributed by atoms with Gasteiger partial charge in [-0.3, -0.25) is 4.79 Å². The second-order valence-corrected chi connectivity index (χ2v) is 8.93. The topological polar surface area (TPSA) is 65.8 Å². The molecule has 0 fully saturated rings. The van der Waals surface area contributed by atoms with E-state index < -0.39 is 5.25 Å². The van der Waals surface area contributed by atoms with Crippen molar-refractivity contribution >= 4 is 46.6 Å². The second kappa shape index (κ2) is 8.52. The van der Waals surface area contributed by atoms with Crippen LogP contribution in [0.15, 0.2) is 29.3 Å². The lowest BCUT2D eigenvalue weighted by Crippen LogP contribution is -2.23. The van der Waals surface area contributed by atoms with Gasteiger partial charge < -0.3 is 5.32 Å². The predicted molar refractivity (Wildman–Crippen MR) is 111 cm³/mol. The molecule has 0 radical (unpaired) electrons. The Morgan fingerprint density at radius 1 is 1.37 bits per heavy atom. The minimum atomic E-state index is -0.417. The van der Waals surface area contributed by atoms with Gasteiger partial charge in [0.05, 0.1) is 20.9 Å². The summed E-state index contributed by atoms with van der Waals surface area (Å²) < 4.78 is 0. The number of carbonyl (C=O) groups is 1. The lowest BCUT2D eigenvalue weighted by atomic mass is 9.87. The third-order valence-corrected chi connectivity index (χ3v) is 6.40. The number of aromatic nitrogens is 1. The highest BCUT2D eigenvalue weighted by molar-refractivity contribution is 8.00. The molecule has 1 N–H and O–H groups in total. The minimum absolute atomic E-state index is 0.185. The number of fused-ring (bicyclic) bond motifs is 1. The third-order valence-electron chi connectivity index (χ3n) is 4.56. The summed E-state index contributed by atoms with van der Waals surface area (Å²) in [6.45, 7) is 4.01. The van der Waals surface area contributed by atoms with Crippen LogP contribution in [0.4, 0.5) is 5.69 Å². The van der Waals surface area contributed by atoms with Crippen LogP contribution in [0.25, 0.3) is 0 Å². The minimum Gasteiger partial charge on any atom is -0.325 e. The molecular formula is C20H19Cl2N3OS. The van der Waals surface area contributed by atoms with Gasteiger partial charge in [0.2, 0.25) is 5.91 Å². The van der Waals surface area contributed by atoms with Crippen LogP contribution >= 0.6 is 35.0 Å². The Morgan fingerprint density at radius 3 is 2.85 bits per heavy atom. The average Bonchev–Trinajstić information content (AvgIpc) is 2.64. The number of thioether (sulfide) groups is 1. The lowest BCUT2D eigenvalue weighted by molar-refractivity contribution is -0.115. The maximum absolute atomic E-state index is 12.5. The highest BCUT2D eigenvalue weighted by atomic mass is 35.5. The van der Waals surface area contributed by atoms with Gasteiger partial charge >= 0.3 is 0 Å². The molecule has 2 unspecified atom stereocenters. The Morgan fingerprint density at radius 2 is 2.15 bits per heavy atom. The molecule has 3 rings (SSSR count). The molecule has 1 aromatic heterocycles. The van der Waals surface area contributed by atoms with Crippen LogP contribution in [0.3, 0.4) is 0 Å². The van der Waals surface area contributed by atoms with Crippen molar-refractivity contribution in [2.45, 2.75) is 43.4 Å². The van der Waals surface area contributed by atoms with Crippen LogP contribution in [0, 0.1) is 17.2 Å². The van der Waals surface area contributed by atoms with E-state index in [0.717, 1.165) is 30.5 Å². The molecule has 7 heteroatoms. The van der Waals surface area contributed by atoms with Crippen LogP contribution in [0.2, 0.25) is 10.0 Å². The third kappa shape index (κ3) is 4.76. The van der Waals surface area contributed by atoms with Gasteiger partial charge in [-0.1, -0.05) is 41.9 Å². The van der Waals surface area contributed by atoms with Gasteiger partial charge in [-0.25, -0.2) is 4.98 Å². The van der Waals surface area contributed by atoms with Crippen LogP contribution in [0.5, 0.6) is 0 Å². The molecule has 140 valence electrons. The van der Waals surface area contributed by atoms with Gasteiger partial charge in [0.15, 0.2) is 0 Å². The molecule has 2 atom stereocenters. The van der Waals surface area contributed by atoms with E-state index in [9.17, 15) is 10.1 Å². The number of hydrogen-bond donors (Lipinski definition) is 1. The molecule has 1 aliphatic carbocycles. The fourth-order valence-corrected chi connectivity index (χ4v) is 4.23. The van der Waals surface area contributed by atoms with E-state index in [0.29, 0.717) is 32.2 Å². The molecule has 1 aliphatic rings. The number of benzene rings is 1. The summed E-state index contributed by atoms with van der Waals surface area (Å²) in [4.78, 5) is 17.2. The van der Waals surface area contributed by atoms with Gasteiger partial charge in [0.1, 0.15) is 11.1 Å². The van der Waals surface area contributed by atoms with E-state index in [-0.39, 0.29) is 5.91 Å². The molecule has 0 saturated heterocycles. The molecule has 0 spiro atoms. The first kappa shape index (κ1) is 20.0. The normalized spacial score (nSPS) is 16.9. The van der Waals surface area contributed by atoms with E-state index in [1.54, 1.807) is 25.1 Å². The number of carbonyl (C=O) groups excluding carboxylic acids is 1. The lowest BCUT2D eigenvalue weighted by Gasteiger charge is -2.22. The largest absolute Gasteiger partial charge is 0.325 e. The first-order valence-electron chi connectivity index (χ1n) is 8.73. The summed E-state index contributed by atoms with van der Waals surface area (Å²) in [6, 6.07) is 9.10. The monoisotopic (exact) mass is 419 g/mol. The maximum Gasteiger partial charge on any atom is 0.237 e. The molecule has 1 aromatic carbocycles. The van der Waals surface area contributed by atoms with Crippen molar-refractivity contribution < 1.29 is 4.79 Å². The predicted octanol–water partition coefficient (Wildman–Crippen LogP) is 5.50. The van der Waals surface area contributed by atoms with E-state index in [4.69, 9.17) is 28.2 Å². The first-order valence-corrected chi connectivity index (χ1v) is 10.4. The fraction of sp³-hybridized carbons (Fsp3) is 0.350. The van der Waals surface area contributed by atoms with Crippen molar-refractivity contribution in [1.82, 2.24) is 4.98 Å². The molecular weight excluding hydrogens is 401 g/mol. The number of pyridine rings is 1. The molecule has 0 bridgehead atoms. The highest BCUT2D eigenvalue weighted by Crippen LogP contribution is 2.32. The standard InChI is InChI=1S/C20H19Cl2N3OS/c1-11-3-6-18-13(7-11)8-14(10-23)20(25-18)27-12(2)19(26)24-15-4-5-16(21)17(22)9-15/h4-5,8-9,11-12H,3,6-7H2,1-2H3,(H,24,26). The number of aryl methyl sites for hydroxylation is 1. The Balaban J connectivity index is 1.75. The zero-order valence-electron chi connectivity index (χ0n) is 15.1. The quantitative estimate of drug-likeness (QED) is 0.663. The first-order chi connectivity index (χ1) is 12.9. The molecule has 0 saturated carbocycles. The van der Waals surface area contributed by atoms with Gasteiger partial charge in [-0.05, 0) is 61.9 Å². The van der Waals surface area contributed by atoms with E-state index in [2.05, 4.69) is 18.3 Å². The molecule has 1 amide bonds. The van der Waals surface area contributed by atoms with Crippen molar-refractivity contribution in [1.29, 1.82) is 5.26 Å². The number of rotatable bonds is 4. The van der Waals surface area contributed by atoms with E-state index in [1.165, 1.54) is 11.8 Å². The van der Waals surface area contributed by atoms with Crippen LogP contribution in [0.1, 0.15) is 37.1 Å². The molecule has 27 heavy (non-hydrogen) atoms. The number of nitriles is 1. The zero-order valence-corrected chi connectivity index (χ0v) is 17.4. The number of amides is 1. The van der Waals surface area contributed by atoms with Gasteiger partial charge in [-0.15, -0.1) is 0 Å². The smallest absolute Gasteiger partial charge is 0.237 e. The van der Waals surface area contributed by atoms with E-state index in [1.807, 2.05) is 6.07 Å². The Hall–Kier alpha value is -1.74. The number of nitrogens with zero attached hydrogens (tertiary/aromatic N) is 2. The van der Waals surface area contributed by atoms with Crippen molar-refractivity contribution in [3.05, 3.63) is 51.1 Å². The summed E-state index contributed by atoms with van der Waals surface area (Å²) >= 11 is 13.2. The zero-order chi connectivity index (χ0) is 19.6. The van der Waals surface area contributed by atoms with Gasteiger partial charge in [0.25, 0.3) is 0 Å². The summed E-state index contributed by atoms with van der Waals surface area (Å²) in [6.07, 6.45) is 2.97. The molecule has 2 aromatic rings. The Bertz CT molecular complexity index is 926. The maximum atomic E-state index is 12.5. The average molecular weight is 420 g/mol. The highest BCUT2D eigenvalue weighted by Gasteiger charge is 2.22. The summed E-state index contributed by atoms with van der Waals surface area (Å²) in [5.41, 5.74) is 3.31. The van der Waals surface area contributed by atoms with Crippen LogP contribution < -0.4 is 5.32 Å². The molecule has 4 nitrogen and oxygen atoms in total. The van der Waals surface area contributed by atoms with Crippen molar-refractivity contribution in [3.63, 3.8) is 0 Å². The van der Waals surface area contributed by atoms with Crippen LogP contribution in [-0.4, -0.2) is 16.1 Å². The Labute approximate surface area is 173 Å². The van der Waals surface area contributed by atoms with Crippen molar-refractivity contribution in [2.75, 3.05) is 5.32 Å². The molecule has 1 heterocycles.